The molecule has 7 heteroatoms. The molecule has 3 aromatic carbocycles. The number of hydrogen-bond donors (Lipinski definition) is 2. The van der Waals surface area contributed by atoms with Crippen molar-refractivity contribution in [2.75, 3.05) is 0 Å². The molecular weight excluding hydrogens is 480 g/mol. The van der Waals surface area contributed by atoms with E-state index >= 15 is 0 Å². The van der Waals surface area contributed by atoms with Crippen LogP contribution in [0, 0.1) is 6.92 Å². The first kappa shape index (κ1) is 23.1. The van der Waals surface area contributed by atoms with Crippen molar-refractivity contribution >= 4 is 33.7 Å². The van der Waals surface area contributed by atoms with Crippen LogP contribution in [0.3, 0.4) is 0 Å². The van der Waals surface area contributed by atoms with Gasteiger partial charge in [-0.15, -0.1) is 0 Å². The second-order valence-electron chi connectivity index (χ2n) is 8.96. The van der Waals surface area contributed by atoms with Gasteiger partial charge in [-0.25, -0.2) is 19.6 Å². The lowest BCUT2D eigenvalue weighted by atomic mass is 9.97. The molecule has 0 bridgehead atoms. The van der Waals surface area contributed by atoms with Gasteiger partial charge in [0.2, 0.25) is 0 Å². The van der Waals surface area contributed by atoms with E-state index in [0.717, 1.165) is 16.7 Å². The molecule has 184 valence electrons. The van der Waals surface area contributed by atoms with Crippen molar-refractivity contribution in [3.8, 4) is 33.8 Å². The Balaban J connectivity index is 1.48. The highest BCUT2D eigenvalue weighted by molar-refractivity contribution is 6.05. The van der Waals surface area contributed by atoms with Gasteiger partial charge in [-0.2, -0.15) is 0 Å². The third-order valence-electron chi connectivity index (χ3n) is 6.47. The number of pyridine rings is 2. The van der Waals surface area contributed by atoms with Gasteiger partial charge >= 0.3 is 11.9 Å². The van der Waals surface area contributed by atoms with Crippen molar-refractivity contribution in [2.45, 2.75) is 6.92 Å². The lowest BCUT2D eigenvalue weighted by Gasteiger charge is -2.10. The number of para-hydroxylation sites is 1. The van der Waals surface area contributed by atoms with Crippen LogP contribution in [0.15, 0.2) is 95.4 Å². The van der Waals surface area contributed by atoms with Crippen LogP contribution in [0.25, 0.3) is 55.6 Å². The summed E-state index contributed by atoms with van der Waals surface area (Å²) in [5, 5.41) is 20.7. The molecule has 0 radical (unpaired) electrons. The molecule has 0 aliphatic carbocycles. The number of nitrogens with zero attached hydrogens (tertiary/aromatic N) is 2. The van der Waals surface area contributed by atoms with E-state index in [1.165, 1.54) is 6.07 Å². The van der Waals surface area contributed by atoms with Gasteiger partial charge in [-0.3, -0.25) is 0 Å². The number of benzene rings is 3. The van der Waals surface area contributed by atoms with E-state index in [4.69, 9.17) is 14.4 Å². The quantitative estimate of drug-likeness (QED) is 0.260. The number of furan rings is 1. The zero-order chi connectivity index (χ0) is 26.4. The van der Waals surface area contributed by atoms with Crippen molar-refractivity contribution in [3.63, 3.8) is 0 Å². The molecule has 0 atom stereocenters. The molecule has 0 saturated carbocycles. The normalized spacial score (nSPS) is 11.2. The molecule has 3 heterocycles. The molecule has 3 aromatic heterocycles. The summed E-state index contributed by atoms with van der Waals surface area (Å²) >= 11 is 0. The zero-order valence-corrected chi connectivity index (χ0v) is 20.2. The molecule has 2 N–H and O–H groups in total. The Bertz CT molecular complexity index is 1900. The highest BCUT2D eigenvalue weighted by atomic mass is 16.4. The monoisotopic (exact) mass is 500 g/mol. The number of aromatic carboxylic acids is 2. The average molecular weight is 501 g/mol. The SMILES string of the molecule is Cc1ccc(-c2cc(C(=O)O)c3ccc(-c4cccc(-c5cc(C(=O)O)c6ccccc6n5)c4)cc3n2)o1. The highest BCUT2D eigenvalue weighted by Gasteiger charge is 2.16. The number of carboxylic acids is 2. The second-order valence-corrected chi connectivity index (χ2v) is 8.96. The minimum Gasteiger partial charge on any atom is -0.478 e. The third-order valence-corrected chi connectivity index (χ3v) is 6.47. The molecule has 6 rings (SSSR count). The predicted octanol–water partition coefficient (Wildman–Crippen LogP) is 7.08. The van der Waals surface area contributed by atoms with Gasteiger partial charge in [-0.1, -0.05) is 48.5 Å². The molecule has 38 heavy (non-hydrogen) atoms. The third kappa shape index (κ3) is 4.06. The van der Waals surface area contributed by atoms with Gasteiger partial charge in [0.15, 0.2) is 5.76 Å². The maximum absolute atomic E-state index is 12.0. The first-order chi connectivity index (χ1) is 18.4. The summed E-state index contributed by atoms with van der Waals surface area (Å²) in [6, 6.07) is 26.9. The zero-order valence-electron chi connectivity index (χ0n) is 20.2. The van der Waals surface area contributed by atoms with E-state index in [9.17, 15) is 19.8 Å². The van der Waals surface area contributed by atoms with Crippen molar-refractivity contribution in [1.82, 2.24) is 9.97 Å². The molecule has 0 fully saturated rings. The Morgan fingerprint density at radius 1 is 0.632 bits per heavy atom. The fraction of sp³-hybridized carbons (Fsp3) is 0.0323. The number of aromatic nitrogens is 2. The molecular formula is C31H20N2O5. The summed E-state index contributed by atoms with van der Waals surface area (Å²) in [6.07, 6.45) is 0. The fourth-order valence-electron chi connectivity index (χ4n) is 4.64. The minimum absolute atomic E-state index is 0.140. The van der Waals surface area contributed by atoms with Gasteiger partial charge in [0.25, 0.3) is 0 Å². The molecule has 0 aliphatic rings. The van der Waals surface area contributed by atoms with E-state index in [1.54, 1.807) is 42.5 Å². The molecule has 7 nitrogen and oxygen atoms in total. The summed E-state index contributed by atoms with van der Waals surface area (Å²) in [4.78, 5) is 33.4. The minimum atomic E-state index is -1.05. The standard InChI is InChI=1S/C31H20N2O5/c1-17-9-12-29(38-17)28-16-24(31(36)37)22-11-10-19(14-27(22)33-28)18-5-4-6-20(13-18)26-15-23(30(34)35)21-7-2-3-8-25(21)32-26/h2-16H,1H3,(H,34,35)(H,36,37). The van der Waals surface area contributed by atoms with E-state index < -0.39 is 11.9 Å². The van der Waals surface area contributed by atoms with E-state index in [1.807, 2.05) is 49.4 Å². The van der Waals surface area contributed by atoms with Crippen LogP contribution < -0.4 is 0 Å². The van der Waals surface area contributed by atoms with Gasteiger partial charge < -0.3 is 14.6 Å². The van der Waals surface area contributed by atoms with Crippen LogP contribution in [0.5, 0.6) is 0 Å². The van der Waals surface area contributed by atoms with Crippen LogP contribution in [-0.2, 0) is 0 Å². The van der Waals surface area contributed by atoms with Crippen molar-refractivity contribution in [1.29, 1.82) is 0 Å². The van der Waals surface area contributed by atoms with E-state index in [2.05, 4.69) is 0 Å². The maximum atomic E-state index is 12.0. The first-order valence-corrected chi connectivity index (χ1v) is 11.9. The summed E-state index contributed by atoms with van der Waals surface area (Å²) < 4.78 is 5.69. The highest BCUT2D eigenvalue weighted by Crippen LogP contribution is 2.32. The van der Waals surface area contributed by atoms with Crippen molar-refractivity contribution in [3.05, 3.63) is 108 Å². The summed E-state index contributed by atoms with van der Waals surface area (Å²) in [7, 11) is 0. The van der Waals surface area contributed by atoms with E-state index in [-0.39, 0.29) is 11.1 Å². The average Bonchev–Trinajstić information content (AvgIpc) is 3.37. The second kappa shape index (κ2) is 8.97. The number of carboxylic acid groups (broad SMARTS) is 2. The lowest BCUT2D eigenvalue weighted by Crippen LogP contribution is -2.00. The lowest BCUT2D eigenvalue weighted by molar-refractivity contribution is 0.0688. The Kier molecular flexibility index (Phi) is 5.46. The number of fused-ring (bicyclic) bond motifs is 2. The van der Waals surface area contributed by atoms with Gasteiger partial charge in [0.05, 0.1) is 27.9 Å². The Morgan fingerprint density at radius 3 is 2.03 bits per heavy atom. The molecule has 0 amide bonds. The number of aryl methyl sites for hydroxylation is 1. The fourth-order valence-corrected chi connectivity index (χ4v) is 4.64. The smallest absolute Gasteiger partial charge is 0.336 e. The van der Waals surface area contributed by atoms with Crippen LogP contribution in [0.1, 0.15) is 26.5 Å². The molecule has 6 aromatic rings. The van der Waals surface area contributed by atoms with Crippen LogP contribution in [0.2, 0.25) is 0 Å². The first-order valence-electron chi connectivity index (χ1n) is 11.9. The Morgan fingerprint density at radius 2 is 1.29 bits per heavy atom. The van der Waals surface area contributed by atoms with Gasteiger partial charge in [0.1, 0.15) is 11.5 Å². The summed E-state index contributed by atoms with van der Waals surface area (Å²) in [5.74, 6) is -0.861. The maximum Gasteiger partial charge on any atom is 0.336 e. The summed E-state index contributed by atoms with van der Waals surface area (Å²) in [5.41, 5.74) is 4.88. The van der Waals surface area contributed by atoms with Crippen molar-refractivity contribution in [2.24, 2.45) is 0 Å². The van der Waals surface area contributed by atoms with Gasteiger partial charge in [-0.05, 0) is 60.5 Å². The Hall–Kier alpha value is -5.30. The Labute approximate surface area is 216 Å². The largest absolute Gasteiger partial charge is 0.478 e. The topological polar surface area (TPSA) is 114 Å². The number of rotatable bonds is 5. The molecule has 0 spiro atoms. The van der Waals surface area contributed by atoms with Crippen molar-refractivity contribution < 1.29 is 24.2 Å². The molecule has 0 unspecified atom stereocenters. The number of carbonyl (C=O) groups is 2. The molecule has 0 aliphatic heterocycles. The van der Waals surface area contributed by atoms with Gasteiger partial charge in [0, 0.05) is 16.3 Å². The van der Waals surface area contributed by atoms with Crippen LogP contribution in [0.4, 0.5) is 0 Å². The molecule has 0 saturated heterocycles. The van der Waals surface area contributed by atoms with Crippen LogP contribution in [-0.4, -0.2) is 32.1 Å². The van der Waals surface area contributed by atoms with Crippen LogP contribution >= 0.6 is 0 Å². The number of hydrogen-bond acceptors (Lipinski definition) is 5. The predicted molar refractivity (Wildman–Crippen MR) is 144 cm³/mol. The van der Waals surface area contributed by atoms with E-state index in [0.29, 0.717) is 44.7 Å². The summed E-state index contributed by atoms with van der Waals surface area (Å²) in [6.45, 7) is 1.82.